The van der Waals surface area contributed by atoms with Crippen molar-refractivity contribution in [2.75, 3.05) is 0 Å². The van der Waals surface area contributed by atoms with Gasteiger partial charge in [-0.1, -0.05) is 36.4 Å². The van der Waals surface area contributed by atoms with Crippen molar-refractivity contribution < 1.29 is 8.42 Å². The van der Waals surface area contributed by atoms with Crippen molar-refractivity contribution in [1.29, 1.82) is 0 Å². The zero-order chi connectivity index (χ0) is 11.8. The molecule has 0 radical (unpaired) electrons. The highest BCUT2D eigenvalue weighted by atomic mass is 32.2. The highest BCUT2D eigenvalue weighted by Gasteiger charge is 2.09. The molecule has 0 unspecified atom stereocenters. The van der Waals surface area contributed by atoms with E-state index in [4.69, 9.17) is 5.14 Å². The molecule has 4 heteroatoms. The number of hydrogen-bond acceptors (Lipinski definition) is 2. The van der Waals surface area contributed by atoms with E-state index >= 15 is 0 Å². The molecule has 0 aliphatic heterocycles. The molecule has 2 aromatic carbocycles. The largest absolute Gasteiger partial charge is 0.228 e. The van der Waals surface area contributed by atoms with Gasteiger partial charge >= 0.3 is 0 Å². The predicted molar refractivity (Wildman–Crippen MR) is 65.5 cm³/mol. The molecule has 0 aliphatic carbocycles. The molecule has 0 amide bonds. The first-order chi connectivity index (χ1) is 7.47. The molecule has 0 spiro atoms. The Morgan fingerprint density at radius 1 is 1.06 bits per heavy atom. The van der Waals surface area contributed by atoms with Crippen molar-refractivity contribution in [3.63, 3.8) is 0 Å². The molecule has 2 rings (SSSR count). The van der Waals surface area contributed by atoms with Crippen LogP contribution in [0, 0.1) is 6.92 Å². The van der Waals surface area contributed by atoms with E-state index in [-0.39, 0.29) is 5.75 Å². The fraction of sp³-hybridized carbons (Fsp3) is 0.167. The summed E-state index contributed by atoms with van der Waals surface area (Å²) in [6.07, 6.45) is 0. The van der Waals surface area contributed by atoms with Crippen molar-refractivity contribution in [3.8, 4) is 0 Å². The first kappa shape index (κ1) is 11.1. The van der Waals surface area contributed by atoms with Crippen molar-refractivity contribution in [2.24, 2.45) is 5.14 Å². The Morgan fingerprint density at radius 3 is 2.31 bits per heavy atom. The van der Waals surface area contributed by atoms with E-state index in [1.54, 1.807) is 0 Å². The normalized spacial score (nSPS) is 11.9. The van der Waals surface area contributed by atoms with Gasteiger partial charge in [-0.25, -0.2) is 13.6 Å². The zero-order valence-corrected chi connectivity index (χ0v) is 9.79. The summed E-state index contributed by atoms with van der Waals surface area (Å²) in [5.41, 5.74) is 1.89. The Hall–Kier alpha value is -1.39. The standard InChI is InChI=1S/C12H13NO2S/c1-9-6-7-10(8-16(13,14)15)12-5-3-2-4-11(9)12/h2-7H,8H2,1H3,(H2,13,14,15). The highest BCUT2D eigenvalue weighted by Crippen LogP contribution is 2.23. The van der Waals surface area contributed by atoms with Crippen LogP contribution in [0.5, 0.6) is 0 Å². The summed E-state index contributed by atoms with van der Waals surface area (Å²) in [7, 11) is -3.48. The van der Waals surface area contributed by atoms with Gasteiger partial charge in [0.2, 0.25) is 10.0 Å². The lowest BCUT2D eigenvalue weighted by Gasteiger charge is -2.07. The van der Waals surface area contributed by atoms with E-state index in [9.17, 15) is 8.42 Å². The van der Waals surface area contributed by atoms with Gasteiger partial charge in [0, 0.05) is 0 Å². The second-order valence-corrected chi connectivity index (χ2v) is 5.51. The Bertz CT molecular complexity index is 633. The van der Waals surface area contributed by atoms with Crippen LogP contribution in [-0.4, -0.2) is 8.42 Å². The monoisotopic (exact) mass is 235 g/mol. The smallest absolute Gasteiger partial charge is 0.213 e. The maximum absolute atomic E-state index is 11.1. The minimum atomic E-state index is -3.48. The van der Waals surface area contributed by atoms with Crippen molar-refractivity contribution >= 4 is 20.8 Å². The summed E-state index contributed by atoms with van der Waals surface area (Å²) < 4.78 is 22.2. The number of sulfonamides is 1. The molecule has 0 heterocycles. The van der Waals surface area contributed by atoms with Gasteiger partial charge in [0.25, 0.3) is 0 Å². The lowest BCUT2D eigenvalue weighted by Crippen LogP contribution is -2.14. The Morgan fingerprint density at radius 2 is 1.69 bits per heavy atom. The van der Waals surface area contributed by atoms with Crippen molar-refractivity contribution in [2.45, 2.75) is 12.7 Å². The van der Waals surface area contributed by atoms with Crippen LogP contribution >= 0.6 is 0 Å². The third kappa shape index (κ3) is 2.23. The Labute approximate surface area is 94.9 Å². The summed E-state index contributed by atoms with van der Waals surface area (Å²) in [4.78, 5) is 0. The van der Waals surface area contributed by atoms with Crippen LogP contribution in [0.1, 0.15) is 11.1 Å². The molecule has 2 N–H and O–H groups in total. The lowest BCUT2D eigenvalue weighted by atomic mass is 10.0. The SMILES string of the molecule is Cc1ccc(CS(N)(=O)=O)c2ccccc12. The molecular formula is C12H13NO2S. The summed E-state index contributed by atoms with van der Waals surface area (Å²) in [5.74, 6) is -0.117. The molecule has 0 fully saturated rings. The summed E-state index contributed by atoms with van der Waals surface area (Å²) in [5, 5.41) is 7.10. The van der Waals surface area contributed by atoms with Gasteiger partial charge in [-0.15, -0.1) is 0 Å². The molecule has 0 aromatic heterocycles. The van der Waals surface area contributed by atoms with Crippen LogP contribution in [0.15, 0.2) is 36.4 Å². The van der Waals surface area contributed by atoms with Gasteiger partial charge < -0.3 is 0 Å². The zero-order valence-electron chi connectivity index (χ0n) is 8.97. The number of nitrogens with two attached hydrogens (primary N) is 1. The molecule has 0 saturated heterocycles. The molecule has 2 aromatic rings. The minimum Gasteiger partial charge on any atom is -0.228 e. The minimum absolute atomic E-state index is 0.117. The van der Waals surface area contributed by atoms with Crippen LogP contribution in [-0.2, 0) is 15.8 Å². The first-order valence-corrected chi connectivity index (χ1v) is 6.66. The van der Waals surface area contributed by atoms with Gasteiger partial charge in [0.15, 0.2) is 0 Å². The van der Waals surface area contributed by atoms with Crippen LogP contribution in [0.3, 0.4) is 0 Å². The van der Waals surface area contributed by atoms with E-state index in [0.29, 0.717) is 0 Å². The van der Waals surface area contributed by atoms with E-state index in [1.807, 2.05) is 43.3 Å². The average Bonchev–Trinajstić information content (AvgIpc) is 2.21. The fourth-order valence-corrected chi connectivity index (χ4v) is 2.54. The molecule has 3 nitrogen and oxygen atoms in total. The second kappa shape index (κ2) is 3.88. The molecular weight excluding hydrogens is 222 g/mol. The topological polar surface area (TPSA) is 60.2 Å². The third-order valence-electron chi connectivity index (χ3n) is 2.59. The number of hydrogen-bond donors (Lipinski definition) is 1. The number of aryl methyl sites for hydroxylation is 1. The van der Waals surface area contributed by atoms with E-state index < -0.39 is 10.0 Å². The average molecular weight is 235 g/mol. The predicted octanol–water partition coefficient (Wildman–Crippen LogP) is 1.94. The van der Waals surface area contributed by atoms with Crippen LogP contribution in [0.4, 0.5) is 0 Å². The van der Waals surface area contributed by atoms with Crippen LogP contribution in [0.25, 0.3) is 10.8 Å². The number of fused-ring (bicyclic) bond motifs is 1. The highest BCUT2D eigenvalue weighted by molar-refractivity contribution is 7.88. The second-order valence-electron chi connectivity index (χ2n) is 3.89. The molecule has 16 heavy (non-hydrogen) atoms. The lowest BCUT2D eigenvalue weighted by molar-refractivity contribution is 0.597. The number of primary sulfonamides is 1. The summed E-state index contributed by atoms with van der Waals surface area (Å²) >= 11 is 0. The fourth-order valence-electron chi connectivity index (χ4n) is 1.85. The van der Waals surface area contributed by atoms with Gasteiger partial charge in [-0.3, -0.25) is 0 Å². The van der Waals surface area contributed by atoms with Gasteiger partial charge in [0.1, 0.15) is 0 Å². The van der Waals surface area contributed by atoms with Gasteiger partial charge in [-0.2, -0.15) is 0 Å². The molecule has 0 saturated carbocycles. The van der Waals surface area contributed by atoms with Gasteiger partial charge in [0.05, 0.1) is 5.75 Å². The Balaban J connectivity index is 2.68. The van der Waals surface area contributed by atoms with Crippen molar-refractivity contribution in [3.05, 3.63) is 47.5 Å². The summed E-state index contributed by atoms with van der Waals surface area (Å²) in [6, 6.07) is 11.5. The maximum atomic E-state index is 11.1. The number of rotatable bonds is 2. The molecule has 0 bridgehead atoms. The Kier molecular flexibility index (Phi) is 2.69. The van der Waals surface area contributed by atoms with Crippen LogP contribution < -0.4 is 5.14 Å². The summed E-state index contributed by atoms with van der Waals surface area (Å²) in [6.45, 7) is 2.00. The first-order valence-electron chi connectivity index (χ1n) is 4.95. The van der Waals surface area contributed by atoms with E-state index in [1.165, 1.54) is 0 Å². The molecule has 0 aliphatic rings. The third-order valence-corrected chi connectivity index (χ3v) is 3.30. The molecule has 84 valence electrons. The maximum Gasteiger partial charge on any atom is 0.213 e. The number of benzene rings is 2. The molecule has 0 atom stereocenters. The van der Waals surface area contributed by atoms with Crippen molar-refractivity contribution in [1.82, 2.24) is 0 Å². The quantitative estimate of drug-likeness (QED) is 0.864. The van der Waals surface area contributed by atoms with Crippen LogP contribution in [0.2, 0.25) is 0 Å². The van der Waals surface area contributed by atoms with E-state index in [0.717, 1.165) is 21.9 Å². The van der Waals surface area contributed by atoms with Gasteiger partial charge in [-0.05, 0) is 28.8 Å². The van der Waals surface area contributed by atoms with E-state index in [2.05, 4.69) is 0 Å².